The van der Waals surface area contributed by atoms with Crippen LogP contribution >= 0.6 is 0 Å². The van der Waals surface area contributed by atoms with Crippen LogP contribution in [0.4, 0.5) is 5.69 Å². The van der Waals surface area contributed by atoms with Crippen LogP contribution in [0.25, 0.3) is 0 Å². The monoisotopic (exact) mass is 333 g/mol. The zero-order valence-corrected chi connectivity index (χ0v) is 16.0. The van der Waals surface area contributed by atoms with Gasteiger partial charge in [0.05, 0.1) is 6.42 Å². The van der Waals surface area contributed by atoms with E-state index >= 15 is 0 Å². The van der Waals surface area contributed by atoms with E-state index in [0.29, 0.717) is 5.92 Å². The highest BCUT2D eigenvalue weighted by atomic mass is 16.4. The fourth-order valence-electron chi connectivity index (χ4n) is 3.66. The van der Waals surface area contributed by atoms with E-state index in [-0.39, 0.29) is 6.42 Å². The van der Waals surface area contributed by atoms with Crippen LogP contribution in [-0.2, 0) is 11.2 Å². The molecule has 2 N–H and O–H groups in total. The summed E-state index contributed by atoms with van der Waals surface area (Å²) in [5.41, 5.74) is 1.91. The molecule has 0 heterocycles. The van der Waals surface area contributed by atoms with Gasteiger partial charge in [-0.3, -0.25) is 4.79 Å². The molecular formula is C21H35NO2. The predicted molar refractivity (Wildman–Crippen MR) is 102 cm³/mol. The van der Waals surface area contributed by atoms with Gasteiger partial charge < -0.3 is 10.4 Å². The SMILES string of the molecule is CC(C)CC(C)CC(C)CC(C)CNc1ccc(CC(=O)O)cc1. The largest absolute Gasteiger partial charge is 0.481 e. The van der Waals surface area contributed by atoms with Crippen LogP contribution in [0.2, 0.25) is 0 Å². The molecule has 24 heavy (non-hydrogen) atoms. The Labute approximate surface area is 147 Å². The van der Waals surface area contributed by atoms with Gasteiger partial charge in [-0.15, -0.1) is 0 Å². The third-order valence-corrected chi connectivity index (χ3v) is 4.45. The number of nitrogens with one attached hydrogen (secondary N) is 1. The highest BCUT2D eigenvalue weighted by Crippen LogP contribution is 2.24. The van der Waals surface area contributed by atoms with Gasteiger partial charge in [-0.2, -0.15) is 0 Å². The number of benzene rings is 1. The third-order valence-electron chi connectivity index (χ3n) is 4.45. The first kappa shape index (κ1) is 20.5. The standard InChI is InChI=1S/C21H35NO2/c1-15(2)10-16(3)11-17(4)12-18(5)14-22-20-8-6-19(7-9-20)13-21(23)24/h6-9,15-18,22H,10-14H2,1-5H3,(H,23,24). The molecule has 0 fully saturated rings. The minimum atomic E-state index is -0.787. The Morgan fingerprint density at radius 3 is 2.00 bits per heavy atom. The number of carboxylic acids is 1. The molecule has 0 aromatic heterocycles. The maximum Gasteiger partial charge on any atom is 0.307 e. The minimum absolute atomic E-state index is 0.0861. The van der Waals surface area contributed by atoms with Gasteiger partial charge in [0.2, 0.25) is 0 Å². The van der Waals surface area contributed by atoms with E-state index in [2.05, 4.69) is 39.9 Å². The molecule has 1 rings (SSSR count). The van der Waals surface area contributed by atoms with Gasteiger partial charge >= 0.3 is 5.97 Å². The molecule has 3 heteroatoms. The van der Waals surface area contributed by atoms with Crippen LogP contribution in [0.1, 0.15) is 59.4 Å². The lowest BCUT2D eigenvalue weighted by molar-refractivity contribution is -0.136. The molecular weight excluding hydrogens is 298 g/mol. The summed E-state index contributed by atoms with van der Waals surface area (Å²) >= 11 is 0. The molecule has 0 aliphatic rings. The molecule has 1 aromatic rings. The molecule has 0 aliphatic carbocycles. The van der Waals surface area contributed by atoms with Crippen molar-refractivity contribution in [3.63, 3.8) is 0 Å². The lowest BCUT2D eigenvalue weighted by Crippen LogP contribution is -2.16. The molecule has 1 aromatic carbocycles. The van der Waals surface area contributed by atoms with Crippen LogP contribution in [-0.4, -0.2) is 17.6 Å². The molecule has 0 saturated heterocycles. The van der Waals surface area contributed by atoms with Crippen LogP contribution in [0.3, 0.4) is 0 Å². The minimum Gasteiger partial charge on any atom is -0.481 e. The van der Waals surface area contributed by atoms with Gasteiger partial charge in [-0.05, 0) is 60.6 Å². The molecule has 0 radical (unpaired) electrons. The molecule has 0 amide bonds. The summed E-state index contributed by atoms with van der Waals surface area (Å²) < 4.78 is 0. The zero-order valence-electron chi connectivity index (χ0n) is 16.0. The van der Waals surface area contributed by atoms with Gasteiger partial charge in [0.1, 0.15) is 0 Å². The number of carboxylic acid groups (broad SMARTS) is 1. The van der Waals surface area contributed by atoms with Crippen LogP contribution < -0.4 is 5.32 Å². The fraction of sp³-hybridized carbons (Fsp3) is 0.667. The Hall–Kier alpha value is -1.51. The van der Waals surface area contributed by atoms with Gasteiger partial charge in [-0.1, -0.05) is 46.8 Å². The maximum atomic E-state index is 10.7. The van der Waals surface area contributed by atoms with Crippen LogP contribution in [0.5, 0.6) is 0 Å². The second-order valence-electron chi connectivity index (χ2n) is 8.06. The van der Waals surface area contributed by atoms with E-state index < -0.39 is 5.97 Å². The summed E-state index contributed by atoms with van der Waals surface area (Å²) in [5, 5.41) is 12.3. The van der Waals surface area contributed by atoms with Crippen molar-refractivity contribution < 1.29 is 9.90 Å². The van der Waals surface area contributed by atoms with Crippen molar-refractivity contribution in [2.75, 3.05) is 11.9 Å². The van der Waals surface area contributed by atoms with Crippen LogP contribution in [0, 0.1) is 23.7 Å². The highest BCUT2D eigenvalue weighted by Gasteiger charge is 2.13. The summed E-state index contributed by atoms with van der Waals surface area (Å²) in [6.45, 7) is 12.6. The molecule has 0 spiro atoms. The Balaban J connectivity index is 2.32. The Bertz CT molecular complexity index is 481. The molecule has 3 nitrogen and oxygen atoms in total. The summed E-state index contributed by atoms with van der Waals surface area (Å²) in [6.07, 6.45) is 3.96. The van der Waals surface area contributed by atoms with E-state index in [4.69, 9.17) is 5.11 Å². The smallest absolute Gasteiger partial charge is 0.307 e. The molecule has 136 valence electrons. The van der Waals surface area contributed by atoms with Crippen molar-refractivity contribution in [3.8, 4) is 0 Å². The van der Waals surface area contributed by atoms with E-state index in [1.54, 1.807) is 0 Å². The first-order chi connectivity index (χ1) is 11.3. The number of rotatable bonds is 11. The lowest BCUT2D eigenvalue weighted by Gasteiger charge is -2.22. The first-order valence-corrected chi connectivity index (χ1v) is 9.30. The summed E-state index contributed by atoms with van der Waals surface area (Å²) in [4.78, 5) is 10.7. The first-order valence-electron chi connectivity index (χ1n) is 9.30. The molecule has 0 aliphatic heterocycles. The van der Waals surface area contributed by atoms with Crippen molar-refractivity contribution in [2.24, 2.45) is 23.7 Å². The highest BCUT2D eigenvalue weighted by molar-refractivity contribution is 5.70. The van der Waals surface area contributed by atoms with Gasteiger partial charge in [0, 0.05) is 12.2 Å². The summed E-state index contributed by atoms with van der Waals surface area (Å²) in [7, 11) is 0. The van der Waals surface area contributed by atoms with Gasteiger partial charge in [0.25, 0.3) is 0 Å². The normalized spacial score (nSPS) is 15.1. The number of hydrogen-bond acceptors (Lipinski definition) is 2. The number of anilines is 1. The van der Waals surface area contributed by atoms with Gasteiger partial charge in [-0.25, -0.2) is 0 Å². The Morgan fingerprint density at radius 1 is 0.917 bits per heavy atom. The van der Waals surface area contributed by atoms with Crippen molar-refractivity contribution >= 4 is 11.7 Å². The molecule has 0 bridgehead atoms. The second kappa shape index (κ2) is 10.4. The Kier molecular flexibility index (Phi) is 8.88. The average molecular weight is 334 g/mol. The molecule has 0 saturated carbocycles. The molecule has 3 unspecified atom stereocenters. The predicted octanol–water partition coefficient (Wildman–Crippen LogP) is 5.46. The van der Waals surface area contributed by atoms with Crippen LogP contribution in [0.15, 0.2) is 24.3 Å². The summed E-state index contributed by atoms with van der Waals surface area (Å²) in [6, 6.07) is 7.72. The third kappa shape index (κ3) is 8.95. The van der Waals surface area contributed by atoms with E-state index in [1.165, 1.54) is 19.3 Å². The zero-order chi connectivity index (χ0) is 18.1. The average Bonchev–Trinajstić information content (AvgIpc) is 2.44. The van der Waals surface area contributed by atoms with E-state index in [9.17, 15) is 4.79 Å². The quantitative estimate of drug-likeness (QED) is 0.565. The van der Waals surface area contributed by atoms with Crippen molar-refractivity contribution in [1.29, 1.82) is 0 Å². The second-order valence-corrected chi connectivity index (χ2v) is 8.06. The number of aliphatic carboxylic acids is 1. The van der Waals surface area contributed by atoms with E-state index in [1.807, 2.05) is 24.3 Å². The van der Waals surface area contributed by atoms with Gasteiger partial charge in [0.15, 0.2) is 0 Å². The van der Waals surface area contributed by atoms with Crippen molar-refractivity contribution in [3.05, 3.63) is 29.8 Å². The van der Waals surface area contributed by atoms with E-state index in [0.717, 1.165) is 35.5 Å². The number of hydrogen-bond donors (Lipinski definition) is 2. The summed E-state index contributed by atoms with van der Waals surface area (Å²) in [5.74, 6) is 2.20. The van der Waals surface area contributed by atoms with Crippen molar-refractivity contribution in [1.82, 2.24) is 0 Å². The van der Waals surface area contributed by atoms with Crippen molar-refractivity contribution in [2.45, 2.75) is 60.3 Å². The molecule has 3 atom stereocenters. The number of carbonyl (C=O) groups is 1. The lowest BCUT2D eigenvalue weighted by atomic mass is 9.86. The fourth-order valence-corrected chi connectivity index (χ4v) is 3.66. The topological polar surface area (TPSA) is 49.3 Å². The maximum absolute atomic E-state index is 10.7. The Morgan fingerprint density at radius 2 is 1.46 bits per heavy atom.